The van der Waals surface area contributed by atoms with E-state index in [0.717, 1.165) is 44.3 Å². The number of rotatable bonds is 8. The third-order valence-electron chi connectivity index (χ3n) is 2.60. The molecule has 0 spiro atoms. The van der Waals surface area contributed by atoms with Crippen LogP contribution in [0, 0.1) is 0 Å². The first kappa shape index (κ1) is 15.4. The SMILES string of the molecule is CCOCCCCNC(=NC)NCc1ccccn1. The minimum absolute atomic E-state index is 0.680. The molecular formula is C14H24N4O. The second-order valence-corrected chi connectivity index (χ2v) is 4.08. The Kier molecular flexibility index (Phi) is 8.38. The summed E-state index contributed by atoms with van der Waals surface area (Å²) in [6.07, 6.45) is 3.93. The fraction of sp³-hybridized carbons (Fsp3) is 0.571. The summed E-state index contributed by atoms with van der Waals surface area (Å²) < 4.78 is 5.29. The molecule has 0 aliphatic carbocycles. The zero-order valence-electron chi connectivity index (χ0n) is 11.9. The predicted octanol–water partition coefficient (Wildman–Crippen LogP) is 1.56. The number of nitrogens with zero attached hydrogens (tertiary/aromatic N) is 2. The fourth-order valence-electron chi connectivity index (χ4n) is 1.58. The summed E-state index contributed by atoms with van der Waals surface area (Å²) in [7, 11) is 1.77. The van der Waals surface area contributed by atoms with Gasteiger partial charge in [0.1, 0.15) is 0 Å². The fourth-order valence-corrected chi connectivity index (χ4v) is 1.58. The van der Waals surface area contributed by atoms with Gasteiger partial charge in [0, 0.05) is 33.0 Å². The summed E-state index contributed by atoms with van der Waals surface area (Å²) in [5.74, 6) is 0.807. The Hall–Kier alpha value is -1.62. The Morgan fingerprint density at radius 3 is 2.89 bits per heavy atom. The number of aliphatic imine (C=N–C) groups is 1. The predicted molar refractivity (Wildman–Crippen MR) is 78.2 cm³/mol. The Morgan fingerprint density at radius 1 is 1.32 bits per heavy atom. The van der Waals surface area contributed by atoms with E-state index in [-0.39, 0.29) is 0 Å². The molecule has 19 heavy (non-hydrogen) atoms. The van der Waals surface area contributed by atoms with Gasteiger partial charge in [-0.2, -0.15) is 0 Å². The van der Waals surface area contributed by atoms with Gasteiger partial charge in [-0.05, 0) is 31.9 Å². The van der Waals surface area contributed by atoms with Gasteiger partial charge in [-0.3, -0.25) is 9.98 Å². The molecule has 2 N–H and O–H groups in total. The lowest BCUT2D eigenvalue weighted by molar-refractivity contribution is 0.143. The van der Waals surface area contributed by atoms with Gasteiger partial charge in [0.05, 0.1) is 12.2 Å². The molecule has 0 aliphatic heterocycles. The molecule has 0 saturated carbocycles. The average Bonchev–Trinajstić information content (AvgIpc) is 2.47. The summed E-state index contributed by atoms with van der Waals surface area (Å²) in [6, 6.07) is 5.88. The highest BCUT2D eigenvalue weighted by Crippen LogP contribution is 1.92. The number of hydrogen-bond donors (Lipinski definition) is 2. The van der Waals surface area contributed by atoms with Gasteiger partial charge in [0.15, 0.2) is 5.96 Å². The molecule has 0 amide bonds. The highest BCUT2D eigenvalue weighted by atomic mass is 16.5. The topological polar surface area (TPSA) is 58.5 Å². The maximum absolute atomic E-state index is 5.29. The number of nitrogens with one attached hydrogen (secondary N) is 2. The number of hydrogen-bond acceptors (Lipinski definition) is 3. The molecule has 1 rings (SSSR count). The number of guanidine groups is 1. The van der Waals surface area contributed by atoms with Crippen molar-refractivity contribution in [2.24, 2.45) is 4.99 Å². The van der Waals surface area contributed by atoms with Crippen LogP contribution in [0.4, 0.5) is 0 Å². The van der Waals surface area contributed by atoms with E-state index in [9.17, 15) is 0 Å². The van der Waals surface area contributed by atoms with Gasteiger partial charge >= 0.3 is 0 Å². The van der Waals surface area contributed by atoms with Crippen molar-refractivity contribution in [3.63, 3.8) is 0 Å². The van der Waals surface area contributed by atoms with Crippen molar-refractivity contribution in [1.82, 2.24) is 15.6 Å². The van der Waals surface area contributed by atoms with Gasteiger partial charge in [0.25, 0.3) is 0 Å². The molecule has 1 heterocycles. The Bertz CT molecular complexity index is 354. The second kappa shape index (κ2) is 10.3. The molecule has 1 aromatic heterocycles. The summed E-state index contributed by atoms with van der Waals surface area (Å²) >= 11 is 0. The van der Waals surface area contributed by atoms with Crippen LogP contribution in [-0.2, 0) is 11.3 Å². The number of aromatic nitrogens is 1. The van der Waals surface area contributed by atoms with Gasteiger partial charge in [0.2, 0.25) is 0 Å². The van der Waals surface area contributed by atoms with Crippen molar-refractivity contribution in [3.8, 4) is 0 Å². The molecule has 0 aromatic carbocycles. The standard InChI is InChI=1S/C14H24N4O/c1-3-19-11-7-6-10-17-14(15-2)18-12-13-8-4-5-9-16-13/h4-5,8-9H,3,6-7,10-12H2,1-2H3,(H2,15,17,18). The average molecular weight is 264 g/mol. The van der Waals surface area contributed by atoms with Crippen LogP contribution in [0.15, 0.2) is 29.4 Å². The molecule has 5 heteroatoms. The summed E-state index contributed by atoms with van der Waals surface area (Å²) in [5.41, 5.74) is 1.00. The minimum atomic E-state index is 0.680. The van der Waals surface area contributed by atoms with Gasteiger partial charge in [-0.15, -0.1) is 0 Å². The van der Waals surface area contributed by atoms with Crippen molar-refractivity contribution in [1.29, 1.82) is 0 Å². The van der Waals surface area contributed by atoms with E-state index in [2.05, 4.69) is 20.6 Å². The van der Waals surface area contributed by atoms with E-state index in [1.54, 1.807) is 13.2 Å². The summed E-state index contributed by atoms with van der Waals surface area (Å²) in [4.78, 5) is 8.43. The minimum Gasteiger partial charge on any atom is -0.382 e. The quantitative estimate of drug-likeness (QED) is 0.425. The van der Waals surface area contributed by atoms with Crippen LogP contribution in [0.3, 0.4) is 0 Å². The highest BCUT2D eigenvalue weighted by molar-refractivity contribution is 5.79. The largest absolute Gasteiger partial charge is 0.382 e. The van der Waals surface area contributed by atoms with Gasteiger partial charge < -0.3 is 15.4 Å². The lowest BCUT2D eigenvalue weighted by atomic mass is 10.3. The second-order valence-electron chi connectivity index (χ2n) is 4.08. The molecule has 0 aliphatic rings. The van der Waals surface area contributed by atoms with E-state index >= 15 is 0 Å². The Labute approximate surface area is 115 Å². The molecular weight excluding hydrogens is 240 g/mol. The molecule has 0 bridgehead atoms. The van der Waals surface area contributed by atoms with E-state index < -0.39 is 0 Å². The smallest absolute Gasteiger partial charge is 0.191 e. The van der Waals surface area contributed by atoms with Gasteiger partial charge in [-0.25, -0.2) is 0 Å². The maximum atomic E-state index is 5.29. The molecule has 1 aromatic rings. The number of unbranched alkanes of at least 4 members (excludes halogenated alkanes) is 1. The van der Waals surface area contributed by atoms with Crippen LogP contribution in [0.25, 0.3) is 0 Å². The first-order chi connectivity index (χ1) is 9.36. The van der Waals surface area contributed by atoms with E-state index in [1.165, 1.54) is 0 Å². The van der Waals surface area contributed by atoms with Crippen LogP contribution < -0.4 is 10.6 Å². The van der Waals surface area contributed by atoms with Gasteiger partial charge in [-0.1, -0.05) is 6.07 Å². The Morgan fingerprint density at radius 2 is 2.21 bits per heavy atom. The van der Waals surface area contributed by atoms with E-state index in [4.69, 9.17) is 4.74 Å². The maximum Gasteiger partial charge on any atom is 0.191 e. The molecule has 0 radical (unpaired) electrons. The van der Waals surface area contributed by atoms with Crippen LogP contribution >= 0.6 is 0 Å². The van der Waals surface area contributed by atoms with Crippen molar-refractivity contribution in [2.45, 2.75) is 26.3 Å². The van der Waals surface area contributed by atoms with Crippen molar-refractivity contribution in [2.75, 3.05) is 26.8 Å². The van der Waals surface area contributed by atoms with Crippen LogP contribution in [0.2, 0.25) is 0 Å². The number of pyridine rings is 1. The van der Waals surface area contributed by atoms with Crippen molar-refractivity contribution >= 4 is 5.96 Å². The van der Waals surface area contributed by atoms with Crippen molar-refractivity contribution < 1.29 is 4.74 Å². The summed E-state index contributed by atoms with van der Waals surface area (Å²) in [6.45, 7) is 5.22. The van der Waals surface area contributed by atoms with Crippen molar-refractivity contribution in [3.05, 3.63) is 30.1 Å². The zero-order chi connectivity index (χ0) is 13.8. The van der Waals surface area contributed by atoms with E-state index in [1.807, 2.05) is 25.1 Å². The molecule has 0 unspecified atom stereocenters. The monoisotopic (exact) mass is 264 g/mol. The van der Waals surface area contributed by atoms with Crippen LogP contribution in [-0.4, -0.2) is 37.7 Å². The summed E-state index contributed by atoms with van der Waals surface area (Å²) in [5, 5.41) is 6.51. The molecule has 0 saturated heterocycles. The molecule has 5 nitrogen and oxygen atoms in total. The lowest BCUT2D eigenvalue weighted by Crippen LogP contribution is -2.37. The van der Waals surface area contributed by atoms with E-state index in [0.29, 0.717) is 6.54 Å². The first-order valence-electron chi connectivity index (χ1n) is 6.79. The van der Waals surface area contributed by atoms with Crippen LogP contribution in [0.5, 0.6) is 0 Å². The van der Waals surface area contributed by atoms with Crippen LogP contribution in [0.1, 0.15) is 25.5 Å². The first-order valence-corrected chi connectivity index (χ1v) is 6.79. The zero-order valence-corrected chi connectivity index (χ0v) is 11.9. The lowest BCUT2D eigenvalue weighted by Gasteiger charge is -2.11. The normalized spacial score (nSPS) is 11.4. The molecule has 0 fully saturated rings. The highest BCUT2D eigenvalue weighted by Gasteiger charge is 1.98. The third-order valence-corrected chi connectivity index (χ3v) is 2.60. The molecule has 0 atom stereocenters. The molecule has 106 valence electrons. The number of ether oxygens (including phenoxy) is 1. The Balaban J connectivity index is 2.13. The third kappa shape index (κ3) is 7.41.